The highest BCUT2D eigenvalue weighted by molar-refractivity contribution is 5.79. The molecule has 1 aliphatic rings. The predicted octanol–water partition coefficient (Wildman–Crippen LogP) is 4.03. The molecule has 0 bridgehead atoms. The van der Waals surface area contributed by atoms with Crippen LogP contribution in [0.25, 0.3) is 10.9 Å². The van der Waals surface area contributed by atoms with Crippen LogP contribution in [0.4, 0.5) is 0 Å². The Morgan fingerprint density at radius 1 is 1.07 bits per heavy atom. The van der Waals surface area contributed by atoms with Gasteiger partial charge in [0, 0.05) is 11.5 Å². The third kappa shape index (κ3) is 4.09. The molecule has 2 heterocycles. The molecule has 1 saturated heterocycles. The summed E-state index contributed by atoms with van der Waals surface area (Å²) in [5.74, 6) is 1.76. The second-order valence-electron chi connectivity index (χ2n) is 7.39. The number of hydrogen-bond donors (Lipinski definition) is 0. The average Bonchev–Trinajstić information content (AvgIpc) is 2.68. The van der Waals surface area contributed by atoms with Crippen molar-refractivity contribution in [3.63, 3.8) is 0 Å². The van der Waals surface area contributed by atoms with Crippen LogP contribution in [0.2, 0.25) is 0 Å². The molecule has 0 spiro atoms. The molecule has 1 aliphatic heterocycles. The molecule has 28 heavy (non-hydrogen) atoms. The van der Waals surface area contributed by atoms with E-state index in [1.165, 1.54) is 5.56 Å². The Labute approximate surface area is 164 Å². The van der Waals surface area contributed by atoms with Crippen LogP contribution in [-0.2, 0) is 4.79 Å². The second kappa shape index (κ2) is 7.89. The molecule has 3 aromatic rings. The zero-order valence-electron chi connectivity index (χ0n) is 16.2. The summed E-state index contributed by atoms with van der Waals surface area (Å²) in [4.78, 5) is 18.5. The smallest absolute Gasteiger partial charge is 0.260 e. The van der Waals surface area contributed by atoms with Crippen LogP contribution in [0.15, 0.2) is 60.7 Å². The lowest BCUT2D eigenvalue weighted by Crippen LogP contribution is -2.57. The van der Waals surface area contributed by atoms with E-state index in [0.29, 0.717) is 30.6 Å². The molecular weight excluding hydrogens is 352 g/mol. The molecule has 0 radical (unpaired) electrons. The first-order valence-corrected chi connectivity index (χ1v) is 9.61. The summed E-state index contributed by atoms with van der Waals surface area (Å²) in [5, 5.41) is 1.08. The summed E-state index contributed by atoms with van der Waals surface area (Å²) in [6.07, 6.45) is -0.0251. The van der Waals surface area contributed by atoms with Crippen molar-refractivity contribution in [1.82, 2.24) is 9.88 Å². The third-order valence-electron chi connectivity index (χ3n) is 4.97. The highest BCUT2D eigenvalue weighted by Gasteiger charge is 2.32. The number of likely N-dealkylation sites (tertiary alicyclic amines) is 1. The van der Waals surface area contributed by atoms with Gasteiger partial charge in [-0.05, 0) is 35.7 Å². The van der Waals surface area contributed by atoms with Crippen molar-refractivity contribution in [2.75, 3.05) is 19.7 Å². The van der Waals surface area contributed by atoms with Crippen LogP contribution < -0.4 is 9.47 Å². The fourth-order valence-corrected chi connectivity index (χ4v) is 3.19. The van der Waals surface area contributed by atoms with Crippen LogP contribution in [0.1, 0.15) is 25.3 Å². The molecule has 0 N–H and O–H groups in total. The summed E-state index contributed by atoms with van der Waals surface area (Å²) in [5.41, 5.74) is 2.16. The number of carbonyl (C=O) groups excluding carboxylic acids is 1. The Kier molecular flexibility index (Phi) is 5.15. The Bertz CT molecular complexity index is 963. The molecule has 5 heteroatoms. The quantitative estimate of drug-likeness (QED) is 0.652. The number of benzene rings is 2. The van der Waals surface area contributed by atoms with Gasteiger partial charge in [-0.15, -0.1) is 0 Å². The van der Waals surface area contributed by atoms with Gasteiger partial charge in [0.25, 0.3) is 5.91 Å². The number of carbonyl (C=O) groups is 1. The molecule has 1 aromatic heterocycles. The van der Waals surface area contributed by atoms with Crippen LogP contribution in [-0.4, -0.2) is 41.6 Å². The third-order valence-corrected chi connectivity index (χ3v) is 4.97. The van der Waals surface area contributed by atoms with Gasteiger partial charge in [-0.2, -0.15) is 0 Å². The Morgan fingerprint density at radius 2 is 1.82 bits per heavy atom. The lowest BCUT2D eigenvalue weighted by Gasteiger charge is -2.38. The van der Waals surface area contributed by atoms with Crippen molar-refractivity contribution >= 4 is 16.8 Å². The van der Waals surface area contributed by atoms with Gasteiger partial charge in [-0.1, -0.05) is 44.2 Å². The standard InChI is InChI=1S/C23H24N2O3/c1-16(2)17-7-10-19(11-8-17)27-15-23(26)25-13-20(14-25)28-22-12-9-18-5-3-4-6-21(18)24-22/h3-12,16,20H,13-15H2,1-2H3. The highest BCUT2D eigenvalue weighted by atomic mass is 16.5. The first-order chi connectivity index (χ1) is 13.6. The molecule has 0 unspecified atom stereocenters. The van der Waals surface area contributed by atoms with Crippen molar-refractivity contribution in [3.05, 3.63) is 66.2 Å². The predicted molar refractivity (Wildman–Crippen MR) is 109 cm³/mol. The van der Waals surface area contributed by atoms with Gasteiger partial charge in [-0.25, -0.2) is 4.98 Å². The summed E-state index contributed by atoms with van der Waals surface area (Å²) >= 11 is 0. The first kappa shape index (κ1) is 18.3. The molecule has 1 amide bonds. The van der Waals surface area contributed by atoms with Gasteiger partial charge in [-0.3, -0.25) is 4.79 Å². The van der Waals surface area contributed by atoms with E-state index in [-0.39, 0.29) is 18.6 Å². The van der Waals surface area contributed by atoms with Crippen molar-refractivity contribution in [2.24, 2.45) is 0 Å². The number of pyridine rings is 1. The lowest BCUT2D eigenvalue weighted by molar-refractivity contribution is -0.142. The normalized spacial score (nSPS) is 14.2. The Balaban J connectivity index is 1.24. The zero-order valence-corrected chi connectivity index (χ0v) is 16.2. The first-order valence-electron chi connectivity index (χ1n) is 9.61. The average molecular weight is 376 g/mol. The molecule has 1 fully saturated rings. The summed E-state index contributed by atoms with van der Waals surface area (Å²) in [6.45, 7) is 5.46. The maximum Gasteiger partial charge on any atom is 0.260 e. The highest BCUT2D eigenvalue weighted by Crippen LogP contribution is 2.21. The Morgan fingerprint density at radius 3 is 2.57 bits per heavy atom. The molecular formula is C23H24N2O3. The van der Waals surface area contributed by atoms with E-state index in [2.05, 4.69) is 18.8 Å². The van der Waals surface area contributed by atoms with Crippen LogP contribution in [0, 0.1) is 0 Å². The maximum atomic E-state index is 12.3. The largest absolute Gasteiger partial charge is 0.484 e. The van der Waals surface area contributed by atoms with Crippen LogP contribution in [0.3, 0.4) is 0 Å². The molecule has 5 nitrogen and oxygen atoms in total. The van der Waals surface area contributed by atoms with Gasteiger partial charge < -0.3 is 14.4 Å². The van der Waals surface area contributed by atoms with E-state index >= 15 is 0 Å². The minimum atomic E-state index is -0.0285. The molecule has 0 aliphatic carbocycles. The second-order valence-corrected chi connectivity index (χ2v) is 7.39. The topological polar surface area (TPSA) is 51.7 Å². The van der Waals surface area contributed by atoms with Crippen molar-refractivity contribution < 1.29 is 14.3 Å². The summed E-state index contributed by atoms with van der Waals surface area (Å²) < 4.78 is 11.5. The fourth-order valence-electron chi connectivity index (χ4n) is 3.19. The monoisotopic (exact) mass is 376 g/mol. The van der Waals surface area contributed by atoms with Gasteiger partial charge >= 0.3 is 0 Å². The van der Waals surface area contributed by atoms with Crippen molar-refractivity contribution in [2.45, 2.75) is 25.9 Å². The molecule has 2 aromatic carbocycles. The maximum absolute atomic E-state index is 12.3. The van der Waals surface area contributed by atoms with Crippen LogP contribution >= 0.6 is 0 Å². The number of rotatable bonds is 6. The van der Waals surface area contributed by atoms with Crippen LogP contribution in [0.5, 0.6) is 11.6 Å². The van der Waals surface area contributed by atoms with E-state index in [4.69, 9.17) is 9.47 Å². The van der Waals surface area contributed by atoms with Crippen molar-refractivity contribution in [1.29, 1.82) is 0 Å². The van der Waals surface area contributed by atoms with E-state index in [9.17, 15) is 4.79 Å². The molecule has 0 saturated carbocycles. The number of hydrogen-bond acceptors (Lipinski definition) is 4. The van der Waals surface area contributed by atoms with Gasteiger partial charge in [0.2, 0.25) is 5.88 Å². The number of nitrogens with zero attached hydrogens (tertiary/aromatic N) is 2. The summed E-state index contributed by atoms with van der Waals surface area (Å²) in [7, 11) is 0. The van der Waals surface area contributed by atoms with E-state index in [1.54, 1.807) is 4.90 Å². The number of amides is 1. The molecule has 4 rings (SSSR count). The fraction of sp³-hybridized carbons (Fsp3) is 0.304. The van der Waals surface area contributed by atoms with Crippen molar-refractivity contribution in [3.8, 4) is 11.6 Å². The minimum Gasteiger partial charge on any atom is -0.484 e. The minimum absolute atomic E-state index is 0.0251. The lowest BCUT2D eigenvalue weighted by atomic mass is 10.0. The van der Waals surface area contributed by atoms with E-state index in [1.807, 2.05) is 60.7 Å². The van der Waals surface area contributed by atoms with Gasteiger partial charge in [0.1, 0.15) is 11.9 Å². The van der Waals surface area contributed by atoms with E-state index in [0.717, 1.165) is 10.9 Å². The number of para-hydroxylation sites is 1. The Hall–Kier alpha value is -3.08. The summed E-state index contributed by atoms with van der Waals surface area (Å²) in [6, 6.07) is 19.7. The molecule has 144 valence electrons. The SMILES string of the molecule is CC(C)c1ccc(OCC(=O)N2CC(Oc3ccc4ccccc4n3)C2)cc1. The number of ether oxygens (including phenoxy) is 2. The number of aromatic nitrogens is 1. The number of fused-ring (bicyclic) bond motifs is 1. The molecule has 0 atom stereocenters. The van der Waals surface area contributed by atoms with Gasteiger partial charge in [0.05, 0.1) is 18.6 Å². The van der Waals surface area contributed by atoms with E-state index < -0.39 is 0 Å². The van der Waals surface area contributed by atoms with Gasteiger partial charge in [0.15, 0.2) is 6.61 Å². The zero-order chi connectivity index (χ0) is 19.5.